The van der Waals surface area contributed by atoms with Crippen molar-refractivity contribution in [1.29, 1.82) is 0 Å². The van der Waals surface area contributed by atoms with Crippen LogP contribution >= 0.6 is 11.3 Å². The van der Waals surface area contributed by atoms with Crippen molar-refractivity contribution in [3.8, 4) is 0 Å². The van der Waals surface area contributed by atoms with E-state index in [0.29, 0.717) is 17.2 Å². The van der Waals surface area contributed by atoms with E-state index in [0.717, 1.165) is 34.5 Å². The van der Waals surface area contributed by atoms with Crippen LogP contribution in [0, 0.1) is 13.8 Å². The minimum absolute atomic E-state index is 0.00830. The van der Waals surface area contributed by atoms with Gasteiger partial charge in [-0.3, -0.25) is 14.9 Å². The maximum Gasteiger partial charge on any atom is 0.257 e. The van der Waals surface area contributed by atoms with Gasteiger partial charge >= 0.3 is 0 Å². The van der Waals surface area contributed by atoms with Crippen molar-refractivity contribution in [3.05, 3.63) is 81.4 Å². The van der Waals surface area contributed by atoms with E-state index in [1.807, 2.05) is 50.2 Å². The number of aromatic nitrogens is 1. The number of rotatable bonds is 5. The molecule has 2 amide bonds. The third kappa shape index (κ3) is 4.38. The van der Waals surface area contributed by atoms with Crippen LogP contribution in [-0.4, -0.2) is 16.8 Å². The number of anilines is 1. The van der Waals surface area contributed by atoms with Crippen molar-refractivity contribution in [2.75, 3.05) is 5.32 Å². The van der Waals surface area contributed by atoms with Gasteiger partial charge in [0.15, 0.2) is 5.13 Å². The zero-order valence-electron chi connectivity index (χ0n) is 16.5. The van der Waals surface area contributed by atoms with Crippen LogP contribution in [0.15, 0.2) is 48.5 Å². The summed E-state index contributed by atoms with van der Waals surface area (Å²) in [5.74, 6) is -0.444. The zero-order chi connectivity index (χ0) is 20.4. The maximum atomic E-state index is 12.7. The van der Waals surface area contributed by atoms with Crippen molar-refractivity contribution in [1.82, 2.24) is 10.3 Å². The molecule has 1 aliphatic carbocycles. The number of nitrogens with one attached hydrogen (secondary N) is 2. The molecule has 1 aliphatic rings. The first-order chi connectivity index (χ1) is 14.0. The first-order valence-electron chi connectivity index (χ1n) is 9.70. The van der Waals surface area contributed by atoms with Crippen molar-refractivity contribution < 1.29 is 9.59 Å². The number of hydrogen-bond donors (Lipinski definition) is 2. The average molecular weight is 406 g/mol. The summed E-state index contributed by atoms with van der Waals surface area (Å²) in [6.07, 6.45) is 1.58. The second-order valence-electron chi connectivity index (χ2n) is 7.44. The lowest BCUT2D eigenvalue weighted by Gasteiger charge is -2.11. The number of fused-ring (bicyclic) bond motifs is 1. The Morgan fingerprint density at radius 2 is 1.69 bits per heavy atom. The molecule has 5 nitrogen and oxygen atoms in total. The van der Waals surface area contributed by atoms with Crippen molar-refractivity contribution in [2.45, 2.75) is 39.2 Å². The third-order valence-corrected chi connectivity index (χ3v) is 6.20. The molecule has 4 rings (SSSR count). The van der Waals surface area contributed by atoms with Gasteiger partial charge in [0.2, 0.25) is 5.91 Å². The molecule has 29 heavy (non-hydrogen) atoms. The molecule has 0 saturated carbocycles. The van der Waals surface area contributed by atoms with E-state index >= 15 is 0 Å². The minimum atomic E-state index is -0.253. The van der Waals surface area contributed by atoms with E-state index in [1.54, 1.807) is 12.1 Å². The fourth-order valence-electron chi connectivity index (χ4n) is 3.43. The molecule has 0 bridgehead atoms. The van der Waals surface area contributed by atoms with Gasteiger partial charge in [-0.05, 0) is 44.4 Å². The Labute approximate surface area is 174 Å². The quantitative estimate of drug-likeness (QED) is 0.663. The number of amides is 2. The Kier molecular flexibility index (Phi) is 5.45. The molecule has 1 aromatic heterocycles. The highest BCUT2D eigenvalue weighted by Crippen LogP contribution is 2.38. The van der Waals surface area contributed by atoms with E-state index in [4.69, 9.17) is 0 Å². The van der Waals surface area contributed by atoms with Gasteiger partial charge in [-0.15, -0.1) is 11.3 Å². The number of carbonyl (C=O) groups is 2. The molecule has 148 valence electrons. The summed E-state index contributed by atoms with van der Waals surface area (Å²) in [5.41, 5.74) is 4.78. The van der Waals surface area contributed by atoms with E-state index in [9.17, 15) is 9.59 Å². The molecular formula is C23H23N3O2S. The molecule has 2 aromatic carbocycles. The highest BCUT2D eigenvalue weighted by atomic mass is 32.1. The average Bonchev–Trinajstić information content (AvgIpc) is 3.28. The van der Waals surface area contributed by atoms with Gasteiger partial charge in [-0.1, -0.05) is 47.5 Å². The summed E-state index contributed by atoms with van der Waals surface area (Å²) in [6.45, 7) is 4.53. The summed E-state index contributed by atoms with van der Waals surface area (Å²) in [5, 5.41) is 6.44. The largest absolute Gasteiger partial charge is 0.351 e. The normalized spacial score (nSPS) is 15.0. The van der Waals surface area contributed by atoms with Gasteiger partial charge in [0.05, 0.1) is 11.6 Å². The number of hydrogen-bond acceptors (Lipinski definition) is 4. The molecule has 2 N–H and O–H groups in total. The lowest BCUT2D eigenvalue weighted by atomic mass is 10.1. The van der Waals surface area contributed by atoms with Crippen LogP contribution in [0.25, 0.3) is 0 Å². The van der Waals surface area contributed by atoms with Crippen molar-refractivity contribution >= 4 is 28.3 Å². The van der Waals surface area contributed by atoms with Crippen LogP contribution in [0.4, 0.5) is 5.13 Å². The number of nitrogens with zero attached hydrogens (tertiary/aromatic N) is 1. The van der Waals surface area contributed by atoms with E-state index < -0.39 is 0 Å². The first-order valence-corrected chi connectivity index (χ1v) is 10.5. The van der Waals surface area contributed by atoms with Gasteiger partial charge in [-0.25, -0.2) is 4.98 Å². The maximum absolute atomic E-state index is 12.7. The minimum Gasteiger partial charge on any atom is -0.351 e. The van der Waals surface area contributed by atoms with Crippen LogP contribution < -0.4 is 10.6 Å². The Morgan fingerprint density at radius 1 is 1.03 bits per heavy atom. The molecule has 0 radical (unpaired) electrons. The van der Waals surface area contributed by atoms with E-state index in [1.165, 1.54) is 16.9 Å². The molecule has 0 saturated heterocycles. The van der Waals surface area contributed by atoms with Gasteiger partial charge in [-0.2, -0.15) is 0 Å². The second kappa shape index (κ2) is 8.17. The smallest absolute Gasteiger partial charge is 0.257 e. The summed E-state index contributed by atoms with van der Waals surface area (Å²) in [7, 11) is 0. The predicted molar refractivity (Wildman–Crippen MR) is 115 cm³/mol. The SMILES string of the molecule is Cc1ccc(CNC(=O)C2CCc3sc(NC(=O)c4ccc(C)cc4)nc32)cc1. The number of thiazole rings is 1. The molecule has 6 heteroatoms. The van der Waals surface area contributed by atoms with Crippen LogP contribution in [0.3, 0.4) is 0 Å². The highest BCUT2D eigenvalue weighted by Gasteiger charge is 2.32. The Balaban J connectivity index is 1.40. The number of benzene rings is 2. The number of carbonyl (C=O) groups excluding carboxylic acids is 2. The molecule has 1 atom stereocenters. The Morgan fingerprint density at radius 3 is 2.38 bits per heavy atom. The summed E-state index contributed by atoms with van der Waals surface area (Å²) in [6, 6.07) is 15.5. The molecule has 0 aliphatic heterocycles. The highest BCUT2D eigenvalue weighted by molar-refractivity contribution is 7.16. The molecular weight excluding hydrogens is 382 g/mol. The van der Waals surface area contributed by atoms with Gasteiger partial charge < -0.3 is 5.32 Å². The fraction of sp³-hybridized carbons (Fsp3) is 0.261. The number of aryl methyl sites for hydroxylation is 3. The standard InChI is InChI=1S/C23H23N3O2S/c1-14-3-7-16(8-4-14)13-24-22(28)18-11-12-19-20(18)25-23(29-19)26-21(27)17-9-5-15(2)6-10-17/h3-10,18H,11-13H2,1-2H3,(H,24,28)(H,25,26,27). The lowest BCUT2D eigenvalue weighted by Crippen LogP contribution is -2.28. The van der Waals surface area contributed by atoms with Gasteiger partial charge in [0.25, 0.3) is 5.91 Å². The van der Waals surface area contributed by atoms with Gasteiger partial charge in [0.1, 0.15) is 0 Å². The summed E-state index contributed by atoms with van der Waals surface area (Å²) >= 11 is 1.46. The Bertz CT molecular complexity index is 1040. The molecule has 3 aromatic rings. The Hall–Kier alpha value is -2.99. The van der Waals surface area contributed by atoms with Crippen LogP contribution in [0.2, 0.25) is 0 Å². The van der Waals surface area contributed by atoms with Gasteiger partial charge in [0, 0.05) is 17.0 Å². The van der Waals surface area contributed by atoms with Crippen LogP contribution in [0.5, 0.6) is 0 Å². The van der Waals surface area contributed by atoms with Crippen molar-refractivity contribution in [2.24, 2.45) is 0 Å². The lowest BCUT2D eigenvalue weighted by molar-refractivity contribution is -0.122. The predicted octanol–water partition coefficient (Wildman–Crippen LogP) is 4.36. The topological polar surface area (TPSA) is 71.1 Å². The molecule has 0 fully saturated rings. The van der Waals surface area contributed by atoms with Crippen LogP contribution in [-0.2, 0) is 17.8 Å². The second-order valence-corrected chi connectivity index (χ2v) is 8.53. The van der Waals surface area contributed by atoms with Crippen molar-refractivity contribution in [3.63, 3.8) is 0 Å². The fourth-order valence-corrected chi connectivity index (χ4v) is 4.46. The summed E-state index contributed by atoms with van der Waals surface area (Å²) < 4.78 is 0. The van der Waals surface area contributed by atoms with Crippen LogP contribution in [0.1, 0.15) is 50.0 Å². The molecule has 0 spiro atoms. The molecule has 1 heterocycles. The van der Waals surface area contributed by atoms with E-state index in [2.05, 4.69) is 15.6 Å². The third-order valence-electron chi connectivity index (χ3n) is 5.16. The first kappa shape index (κ1) is 19.3. The monoisotopic (exact) mass is 405 g/mol. The van der Waals surface area contributed by atoms with E-state index in [-0.39, 0.29) is 17.7 Å². The summed E-state index contributed by atoms with van der Waals surface area (Å²) in [4.78, 5) is 30.8. The zero-order valence-corrected chi connectivity index (χ0v) is 17.3. The molecule has 1 unspecified atom stereocenters.